The number of rotatable bonds is 5. The lowest BCUT2D eigenvalue weighted by atomic mass is 9.97. The molecule has 0 spiro atoms. The van der Waals surface area contributed by atoms with E-state index in [1.165, 1.54) is 25.1 Å². The molecule has 0 aliphatic carbocycles. The van der Waals surface area contributed by atoms with Crippen molar-refractivity contribution in [3.8, 4) is 0 Å². The van der Waals surface area contributed by atoms with Gasteiger partial charge in [0.25, 0.3) is 11.6 Å². The fourth-order valence-corrected chi connectivity index (χ4v) is 3.52. The van der Waals surface area contributed by atoms with E-state index in [-0.39, 0.29) is 29.2 Å². The van der Waals surface area contributed by atoms with Gasteiger partial charge in [-0.3, -0.25) is 14.9 Å². The van der Waals surface area contributed by atoms with Crippen LogP contribution in [-0.4, -0.2) is 54.0 Å². The molecule has 1 aromatic rings. The number of nitrogens with zero attached hydrogens (tertiary/aromatic N) is 3. The van der Waals surface area contributed by atoms with E-state index >= 15 is 0 Å². The molecular formula is C19H27N3O5. The second-order valence-electron chi connectivity index (χ2n) is 7.28. The van der Waals surface area contributed by atoms with Gasteiger partial charge >= 0.3 is 5.97 Å². The number of hydrogen-bond donors (Lipinski definition) is 0. The van der Waals surface area contributed by atoms with E-state index in [4.69, 9.17) is 4.74 Å². The van der Waals surface area contributed by atoms with Crippen molar-refractivity contribution < 1.29 is 19.2 Å². The lowest BCUT2D eigenvalue weighted by molar-refractivity contribution is -0.384. The summed E-state index contributed by atoms with van der Waals surface area (Å²) in [6, 6.07) is 4.34. The van der Waals surface area contributed by atoms with Crippen molar-refractivity contribution in [3.05, 3.63) is 33.9 Å². The molecule has 1 fully saturated rings. The number of carbonyl (C=O) groups is 2. The van der Waals surface area contributed by atoms with Gasteiger partial charge in [-0.05, 0) is 52.2 Å². The Morgan fingerprint density at radius 1 is 1.26 bits per heavy atom. The molecule has 1 aliphatic rings. The number of likely N-dealkylation sites (tertiary alicyclic amines) is 1. The van der Waals surface area contributed by atoms with Gasteiger partial charge in [0, 0.05) is 32.2 Å². The molecule has 0 saturated carbocycles. The van der Waals surface area contributed by atoms with Crippen molar-refractivity contribution >= 4 is 23.3 Å². The van der Waals surface area contributed by atoms with Crippen molar-refractivity contribution in [2.45, 2.75) is 58.2 Å². The van der Waals surface area contributed by atoms with Gasteiger partial charge in [-0.15, -0.1) is 0 Å². The average molecular weight is 377 g/mol. The van der Waals surface area contributed by atoms with Crippen LogP contribution in [0, 0.1) is 10.1 Å². The van der Waals surface area contributed by atoms with Crippen LogP contribution in [0.5, 0.6) is 0 Å². The Balaban J connectivity index is 2.15. The van der Waals surface area contributed by atoms with Gasteiger partial charge in [0.2, 0.25) is 0 Å². The molecule has 3 atom stereocenters. The Morgan fingerprint density at radius 3 is 2.37 bits per heavy atom. The molecular weight excluding hydrogens is 350 g/mol. The minimum Gasteiger partial charge on any atom is -0.449 e. The van der Waals surface area contributed by atoms with E-state index in [1.807, 2.05) is 13.8 Å². The van der Waals surface area contributed by atoms with Crippen molar-refractivity contribution in [2.24, 2.45) is 0 Å². The van der Waals surface area contributed by atoms with Crippen molar-refractivity contribution in [3.63, 3.8) is 0 Å². The van der Waals surface area contributed by atoms with Crippen LogP contribution in [0.1, 0.15) is 50.4 Å². The standard InChI is InChI=1S/C19H27N3O5/c1-12-7-6-8-13(2)21(12)18(23)14(3)27-19(24)15-9-10-16(20(4)5)17(11-15)22(25)26/h9-14H,6-8H2,1-5H3/t12-,13+,14-/m1/s1. The van der Waals surface area contributed by atoms with Crippen molar-refractivity contribution in [1.29, 1.82) is 0 Å². The zero-order valence-corrected chi connectivity index (χ0v) is 16.5. The van der Waals surface area contributed by atoms with Gasteiger partial charge in [-0.1, -0.05) is 0 Å². The number of amides is 1. The predicted molar refractivity (Wildman–Crippen MR) is 102 cm³/mol. The first-order valence-corrected chi connectivity index (χ1v) is 9.12. The molecule has 1 aromatic carbocycles. The van der Waals surface area contributed by atoms with Gasteiger partial charge in [0.1, 0.15) is 5.69 Å². The Morgan fingerprint density at radius 2 is 1.85 bits per heavy atom. The van der Waals surface area contributed by atoms with E-state index < -0.39 is 17.0 Å². The van der Waals surface area contributed by atoms with Crippen LogP contribution >= 0.6 is 0 Å². The summed E-state index contributed by atoms with van der Waals surface area (Å²) in [7, 11) is 3.37. The maximum Gasteiger partial charge on any atom is 0.339 e. The fourth-order valence-electron chi connectivity index (χ4n) is 3.52. The second-order valence-corrected chi connectivity index (χ2v) is 7.28. The highest BCUT2D eigenvalue weighted by Crippen LogP contribution is 2.28. The van der Waals surface area contributed by atoms with Gasteiger partial charge in [0.15, 0.2) is 6.10 Å². The summed E-state index contributed by atoms with van der Waals surface area (Å²) < 4.78 is 5.32. The quantitative estimate of drug-likeness (QED) is 0.445. The smallest absolute Gasteiger partial charge is 0.339 e. The number of esters is 1. The van der Waals surface area contributed by atoms with Gasteiger partial charge in [0.05, 0.1) is 10.5 Å². The molecule has 2 rings (SSSR count). The Kier molecular flexibility index (Phi) is 6.41. The van der Waals surface area contributed by atoms with E-state index in [1.54, 1.807) is 23.9 Å². The van der Waals surface area contributed by atoms with Gasteiger partial charge < -0.3 is 14.5 Å². The Labute approximate surface area is 159 Å². The highest BCUT2D eigenvalue weighted by Gasteiger charge is 2.33. The largest absolute Gasteiger partial charge is 0.449 e. The summed E-state index contributed by atoms with van der Waals surface area (Å²) in [5.41, 5.74) is 0.245. The minimum atomic E-state index is -0.951. The summed E-state index contributed by atoms with van der Waals surface area (Å²) in [6.45, 7) is 5.52. The number of nitro groups is 1. The normalized spacial score (nSPS) is 20.7. The number of piperidine rings is 1. The molecule has 0 aromatic heterocycles. The molecule has 148 valence electrons. The minimum absolute atomic E-state index is 0.0479. The van der Waals surface area contributed by atoms with E-state index in [0.29, 0.717) is 5.69 Å². The van der Waals surface area contributed by atoms with Crippen LogP contribution in [0.25, 0.3) is 0 Å². The highest BCUT2D eigenvalue weighted by atomic mass is 16.6. The zero-order valence-electron chi connectivity index (χ0n) is 16.5. The monoisotopic (exact) mass is 377 g/mol. The summed E-state index contributed by atoms with van der Waals surface area (Å²) in [5.74, 6) is -0.982. The lowest BCUT2D eigenvalue weighted by Crippen LogP contribution is -2.51. The first kappa shape index (κ1) is 20.7. The third-order valence-electron chi connectivity index (χ3n) is 4.97. The molecule has 1 amide bonds. The van der Waals surface area contributed by atoms with Crippen LogP contribution in [0.4, 0.5) is 11.4 Å². The summed E-state index contributed by atoms with van der Waals surface area (Å²) in [4.78, 5) is 39.3. The SMILES string of the molecule is C[C@@H]1CCC[C@H](C)N1C(=O)[C@@H](C)OC(=O)c1ccc(N(C)C)c([N+](=O)[O-])c1. The van der Waals surface area contributed by atoms with E-state index in [9.17, 15) is 19.7 Å². The molecule has 1 aliphatic heterocycles. The maximum atomic E-state index is 12.7. The number of benzene rings is 1. The van der Waals surface area contributed by atoms with Crippen LogP contribution < -0.4 is 4.90 Å². The summed E-state index contributed by atoms with van der Waals surface area (Å²) in [5, 5.41) is 11.3. The van der Waals surface area contributed by atoms with E-state index in [0.717, 1.165) is 19.3 Å². The third-order valence-corrected chi connectivity index (χ3v) is 4.97. The van der Waals surface area contributed by atoms with Crippen molar-refractivity contribution in [1.82, 2.24) is 4.90 Å². The molecule has 0 N–H and O–H groups in total. The molecule has 1 heterocycles. The first-order valence-electron chi connectivity index (χ1n) is 9.12. The first-order chi connectivity index (χ1) is 12.6. The Bertz CT molecular complexity index is 724. The molecule has 27 heavy (non-hydrogen) atoms. The van der Waals surface area contributed by atoms with Crippen LogP contribution in [-0.2, 0) is 9.53 Å². The number of hydrogen-bond acceptors (Lipinski definition) is 6. The lowest BCUT2D eigenvalue weighted by Gasteiger charge is -2.40. The molecule has 1 saturated heterocycles. The average Bonchev–Trinajstić information content (AvgIpc) is 2.60. The fraction of sp³-hybridized carbons (Fsp3) is 0.579. The maximum absolute atomic E-state index is 12.7. The van der Waals surface area contributed by atoms with Gasteiger partial charge in [-0.2, -0.15) is 0 Å². The highest BCUT2D eigenvalue weighted by molar-refractivity contribution is 5.93. The van der Waals surface area contributed by atoms with E-state index in [2.05, 4.69) is 0 Å². The predicted octanol–water partition coefficient (Wildman–Crippen LogP) is 3.00. The third kappa shape index (κ3) is 4.56. The topological polar surface area (TPSA) is 93.0 Å². The van der Waals surface area contributed by atoms with Crippen LogP contribution in [0.3, 0.4) is 0 Å². The van der Waals surface area contributed by atoms with Crippen LogP contribution in [0.15, 0.2) is 18.2 Å². The molecule has 8 nitrogen and oxygen atoms in total. The van der Waals surface area contributed by atoms with Crippen LogP contribution in [0.2, 0.25) is 0 Å². The molecule has 8 heteroatoms. The summed E-state index contributed by atoms with van der Waals surface area (Å²) >= 11 is 0. The summed E-state index contributed by atoms with van der Waals surface area (Å²) in [6.07, 6.45) is 1.97. The molecule has 0 unspecified atom stereocenters. The second kappa shape index (κ2) is 8.37. The molecule has 0 radical (unpaired) electrons. The Hall–Kier alpha value is -2.64. The number of carbonyl (C=O) groups excluding carboxylic acids is 2. The molecule has 0 bridgehead atoms. The van der Waals surface area contributed by atoms with Gasteiger partial charge in [-0.25, -0.2) is 4.79 Å². The van der Waals surface area contributed by atoms with Crippen molar-refractivity contribution in [2.75, 3.05) is 19.0 Å². The zero-order chi connectivity index (χ0) is 20.3. The number of ether oxygens (including phenoxy) is 1. The number of anilines is 1. The number of nitro benzene ring substituents is 1.